The van der Waals surface area contributed by atoms with Gasteiger partial charge in [0.15, 0.2) is 0 Å². The van der Waals surface area contributed by atoms with Gasteiger partial charge >= 0.3 is 0 Å². The van der Waals surface area contributed by atoms with Crippen LogP contribution in [0.5, 0.6) is 0 Å². The van der Waals surface area contributed by atoms with E-state index in [4.69, 9.17) is 4.42 Å². The number of hydrogen-bond acceptors (Lipinski definition) is 2. The van der Waals surface area contributed by atoms with E-state index in [0.717, 1.165) is 18.7 Å². The van der Waals surface area contributed by atoms with Crippen LogP contribution in [0.4, 0.5) is 0 Å². The van der Waals surface area contributed by atoms with Gasteiger partial charge in [0.1, 0.15) is 5.76 Å². The van der Waals surface area contributed by atoms with Gasteiger partial charge in [0.2, 0.25) is 0 Å². The summed E-state index contributed by atoms with van der Waals surface area (Å²) in [6.07, 6.45) is 6.80. The van der Waals surface area contributed by atoms with E-state index in [2.05, 4.69) is 36.5 Å². The number of nitrogens with one attached hydrogen (secondary N) is 1. The van der Waals surface area contributed by atoms with Gasteiger partial charge in [-0.15, -0.1) is 0 Å². The molecule has 0 aliphatic heterocycles. The van der Waals surface area contributed by atoms with E-state index in [-0.39, 0.29) is 6.04 Å². The standard InChI is InChI=1S/C18H23NO/c1-3-9-19-18(17-10-13(2)20-12-17)16-8-7-14-5-4-6-15(14)11-16/h7-8,10-12,18-19H,3-6,9H2,1-2H3. The minimum absolute atomic E-state index is 0.248. The molecule has 1 aliphatic rings. The second-order valence-electron chi connectivity index (χ2n) is 5.76. The molecular weight excluding hydrogens is 246 g/mol. The lowest BCUT2D eigenvalue weighted by Crippen LogP contribution is -2.23. The molecule has 0 bridgehead atoms. The molecule has 1 atom stereocenters. The molecule has 0 saturated heterocycles. The van der Waals surface area contributed by atoms with Crippen molar-refractivity contribution in [2.75, 3.05) is 6.54 Å². The second-order valence-corrected chi connectivity index (χ2v) is 5.76. The van der Waals surface area contributed by atoms with Gasteiger partial charge in [-0.25, -0.2) is 0 Å². The fourth-order valence-corrected chi connectivity index (χ4v) is 3.10. The van der Waals surface area contributed by atoms with E-state index in [1.165, 1.54) is 41.5 Å². The molecular formula is C18H23NO. The predicted octanol–water partition coefficient (Wildman–Crippen LogP) is 4.17. The van der Waals surface area contributed by atoms with E-state index >= 15 is 0 Å². The molecule has 106 valence electrons. The van der Waals surface area contributed by atoms with Gasteiger partial charge in [0.05, 0.1) is 12.3 Å². The van der Waals surface area contributed by atoms with Crippen molar-refractivity contribution in [1.29, 1.82) is 0 Å². The normalized spacial score (nSPS) is 15.3. The smallest absolute Gasteiger partial charge is 0.101 e. The molecule has 3 rings (SSSR count). The van der Waals surface area contributed by atoms with Crippen molar-refractivity contribution in [3.05, 3.63) is 58.5 Å². The Bertz CT molecular complexity index is 585. The zero-order chi connectivity index (χ0) is 13.9. The van der Waals surface area contributed by atoms with E-state index in [9.17, 15) is 0 Å². The largest absolute Gasteiger partial charge is 0.469 e. The van der Waals surface area contributed by atoms with Crippen molar-refractivity contribution in [2.45, 2.75) is 45.6 Å². The van der Waals surface area contributed by atoms with Crippen LogP contribution in [0.15, 0.2) is 34.9 Å². The van der Waals surface area contributed by atoms with Gasteiger partial charge in [-0.1, -0.05) is 25.1 Å². The summed E-state index contributed by atoms with van der Waals surface area (Å²) >= 11 is 0. The van der Waals surface area contributed by atoms with Gasteiger partial charge in [-0.05, 0) is 61.9 Å². The zero-order valence-electron chi connectivity index (χ0n) is 12.4. The van der Waals surface area contributed by atoms with Crippen LogP contribution in [0.2, 0.25) is 0 Å². The average Bonchev–Trinajstić information content (AvgIpc) is 3.07. The second kappa shape index (κ2) is 5.84. The summed E-state index contributed by atoms with van der Waals surface area (Å²) < 4.78 is 5.50. The number of aryl methyl sites for hydroxylation is 3. The average molecular weight is 269 g/mol. The number of hydrogen-bond donors (Lipinski definition) is 1. The lowest BCUT2D eigenvalue weighted by Gasteiger charge is -2.18. The van der Waals surface area contributed by atoms with Crippen molar-refractivity contribution >= 4 is 0 Å². The van der Waals surface area contributed by atoms with Crippen LogP contribution in [0.25, 0.3) is 0 Å². The molecule has 1 unspecified atom stereocenters. The molecule has 1 N–H and O–H groups in total. The summed E-state index contributed by atoms with van der Waals surface area (Å²) in [5.74, 6) is 0.976. The molecule has 2 heteroatoms. The third kappa shape index (κ3) is 2.66. The Labute approximate surface area is 121 Å². The Hall–Kier alpha value is -1.54. The van der Waals surface area contributed by atoms with E-state index in [1.54, 1.807) is 0 Å². The van der Waals surface area contributed by atoms with Crippen molar-refractivity contribution < 1.29 is 4.42 Å². The first kappa shape index (κ1) is 13.4. The molecule has 1 aromatic heterocycles. The maximum Gasteiger partial charge on any atom is 0.101 e. The zero-order valence-corrected chi connectivity index (χ0v) is 12.4. The summed E-state index contributed by atoms with van der Waals surface area (Å²) in [5.41, 5.74) is 5.66. The van der Waals surface area contributed by atoms with Gasteiger partial charge in [0, 0.05) is 5.56 Å². The SMILES string of the molecule is CCCNC(c1coc(C)c1)c1ccc2c(c1)CCC2. The fourth-order valence-electron chi connectivity index (χ4n) is 3.10. The van der Waals surface area contributed by atoms with Crippen molar-refractivity contribution in [1.82, 2.24) is 5.32 Å². The lowest BCUT2D eigenvalue weighted by molar-refractivity contribution is 0.523. The van der Waals surface area contributed by atoms with Crippen LogP contribution in [-0.4, -0.2) is 6.54 Å². The Morgan fingerprint density at radius 3 is 2.75 bits per heavy atom. The molecule has 1 aromatic carbocycles. The first-order valence-corrected chi connectivity index (χ1v) is 7.68. The third-order valence-electron chi connectivity index (χ3n) is 4.14. The van der Waals surface area contributed by atoms with Crippen molar-refractivity contribution in [3.63, 3.8) is 0 Å². The minimum atomic E-state index is 0.248. The summed E-state index contributed by atoms with van der Waals surface area (Å²) in [7, 11) is 0. The molecule has 0 spiro atoms. The first-order valence-electron chi connectivity index (χ1n) is 7.68. The van der Waals surface area contributed by atoms with Gasteiger partial charge in [0.25, 0.3) is 0 Å². The van der Waals surface area contributed by atoms with E-state index in [0.29, 0.717) is 0 Å². The molecule has 1 aliphatic carbocycles. The maximum absolute atomic E-state index is 5.50. The Balaban J connectivity index is 1.92. The highest BCUT2D eigenvalue weighted by Crippen LogP contribution is 2.29. The third-order valence-corrected chi connectivity index (χ3v) is 4.14. The predicted molar refractivity (Wildman–Crippen MR) is 82.0 cm³/mol. The summed E-state index contributed by atoms with van der Waals surface area (Å²) in [6.45, 7) is 5.22. The summed E-state index contributed by atoms with van der Waals surface area (Å²) in [6, 6.07) is 9.36. The quantitative estimate of drug-likeness (QED) is 0.881. The highest BCUT2D eigenvalue weighted by atomic mass is 16.3. The molecule has 1 heterocycles. The van der Waals surface area contributed by atoms with Crippen molar-refractivity contribution in [2.24, 2.45) is 0 Å². The summed E-state index contributed by atoms with van der Waals surface area (Å²) in [4.78, 5) is 0. The van der Waals surface area contributed by atoms with Crippen LogP contribution in [0.1, 0.15) is 53.8 Å². The van der Waals surface area contributed by atoms with Gasteiger partial charge in [-0.3, -0.25) is 0 Å². The number of benzene rings is 1. The molecule has 0 fully saturated rings. The lowest BCUT2D eigenvalue weighted by atomic mass is 9.97. The van der Waals surface area contributed by atoms with Crippen LogP contribution < -0.4 is 5.32 Å². The number of fused-ring (bicyclic) bond motifs is 1. The van der Waals surface area contributed by atoms with Crippen LogP contribution in [0, 0.1) is 6.92 Å². The van der Waals surface area contributed by atoms with Crippen LogP contribution >= 0.6 is 0 Å². The molecule has 0 radical (unpaired) electrons. The number of furan rings is 1. The Kier molecular flexibility index (Phi) is 3.93. The maximum atomic E-state index is 5.50. The molecule has 20 heavy (non-hydrogen) atoms. The van der Waals surface area contributed by atoms with Gasteiger partial charge in [-0.2, -0.15) is 0 Å². The highest BCUT2D eigenvalue weighted by molar-refractivity contribution is 5.39. The van der Waals surface area contributed by atoms with Crippen molar-refractivity contribution in [3.8, 4) is 0 Å². The Morgan fingerprint density at radius 2 is 2.00 bits per heavy atom. The monoisotopic (exact) mass is 269 g/mol. The van der Waals surface area contributed by atoms with Crippen LogP contribution in [0.3, 0.4) is 0 Å². The van der Waals surface area contributed by atoms with Gasteiger partial charge < -0.3 is 9.73 Å². The van der Waals surface area contributed by atoms with Crippen LogP contribution in [-0.2, 0) is 12.8 Å². The minimum Gasteiger partial charge on any atom is -0.469 e. The molecule has 2 aromatic rings. The molecule has 2 nitrogen and oxygen atoms in total. The molecule has 0 amide bonds. The number of rotatable bonds is 5. The Morgan fingerprint density at radius 1 is 1.15 bits per heavy atom. The highest BCUT2D eigenvalue weighted by Gasteiger charge is 2.18. The fraction of sp³-hybridized carbons (Fsp3) is 0.444. The topological polar surface area (TPSA) is 25.2 Å². The molecule has 0 saturated carbocycles. The van der Waals surface area contributed by atoms with E-state index < -0.39 is 0 Å². The first-order chi connectivity index (χ1) is 9.78. The van der Waals surface area contributed by atoms with E-state index in [1.807, 2.05) is 13.2 Å². The summed E-state index contributed by atoms with van der Waals surface area (Å²) in [5, 5.41) is 3.65.